The zero-order chi connectivity index (χ0) is 14.2. The van der Waals surface area contributed by atoms with E-state index in [1.165, 1.54) is 12.8 Å². The fourth-order valence-corrected chi connectivity index (χ4v) is 1.84. The SMILES string of the molecule is COCCNCc1nc(C)ccc1OCOCC1CC1. The molecule has 0 atom stereocenters. The van der Waals surface area contributed by atoms with Crippen LogP contribution in [0.5, 0.6) is 5.75 Å². The lowest BCUT2D eigenvalue weighted by Gasteiger charge is -2.12. The summed E-state index contributed by atoms with van der Waals surface area (Å²) in [6.07, 6.45) is 2.58. The highest BCUT2D eigenvalue weighted by molar-refractivity contribution is 5.29. The van der Waals surface area contributed by atoms with Gasteiger partial charge >= 0.3 is 0 Å². The third-order valence-corrected chi connectivity index (χ3v) is 3.20. The van der Waals surface area contributed by atoms with Gasteiger partial charge in [-0.15, -0.1) is 0 Å². The van der Waals surface area contributed by atoms with Crippen molar-refractivity contribution in [1.82, 2.24) is 10.3 Å². The Morgan fingerprint density at radius 2 is 2.20 bits per heavy atom. The molecule has 0 saturated heterocycles. The summed E-state index contributed by atoms with van der Waals surface area (Å²) in [5.74, 6) is 1.54. The quantitative estimate of drug-likeness (QED) is 0.524. The maximum atomic E-state index is 5.67. The Morgan fingerprint density at radius 3 is 2.95 bits per heavy atom. The highest BCUT2D eigenvalue weighted by atomic mass is 16.7. The van der Waals surface area contributed by atoms with Gasteiger partial charge in [0.1, 0.15) is 5.75 Å². The van der Waals surface area contributed by atoms with Crippen molar-refractivity contribution in [2.75, 3.05) is 33.7 Å². The molecule has 5 heteroatoms. The summed E-state index contributed by atoms with van der Waals surface area (Å²) in [6.45, 7) is 5.23. The molecule has 0 spiro atoms. The molecule has 0 bridgehead atoms. The highest BCUT2D eigenvalue weighted by Crippen LogP contribution is 2.28. The molecular formula is C15H24N2O3. The van der Waals surface area contributed by atoms with Gasteiger partial charge in [0, 0.05) is 25.9 Å². The fraction of sp³-hybridized carbons (Fsp3) is 0.667. The monoisotopic (exact) mass is 280 g/mol. The summed E-state index contributed by atoms with van der Waals surface area (Å²) in [7, 11) is 1.69. The van der Waals surface area contributed by atoms with E-state index in [4.69, 9.17) is 14.2 Å². The molecule has 1 aromatic rings. The van der Waals surface area contributed by atoms with Gasteiger partial charge in [-0.05, 0) is 37.8 Å². The summed E-state index contributed by atoms with van der Waals surface area (Å²) >= 11 is 0. The summed E-state index contributed by atoms with van der Waals surface area (Å²) in [5, 5.41) is 3.28. The molecule has 20 heavy (non-hydrogen) atoms. The van der Waals surface area contributed by atoms with E-state index in [9.17, 15) is 0 Å². The molecule has 1 aromatic heterocycles. The Bertz CT molecular complexity index is 408. The molecule has 1 fully saturated rings. The lowest BCUT2D eigenvalue weighted by molar-refractivity contribution is 0.00913. The zero-order valence-corrected chi connectivity index (χ0v) is 12.4. The predicted molar refractivity (Wildman–Crippen MR) is 76.7 cm³/mol. The average Bonchev–Trinajstić information content (AvgIpc) is 3.26. The Balaban J connectivity index is 1.78. The molecule has 0 aliphatic heterocycles. The first kappa shape index (κ1) is 15.2. The molecule has 112 valence electrons. The maximum absolute atomic E-state index is 5.67. The number of aryl methyl sites for hydroxylation is 1. The van der Waals surface area contributed by atoms with E-state index >= 15 is 0 Å². The van der Waals surface area contributed by atoms with E-state index in [1.54, 1.807) is 7.11 Å². The van der Waals surface area contributed by atoms with Crippen LogP contribution in [0.2, 0.25) is 0 Å². The van der Waals surface area contributed by atoms with Crippen LogP contribution in [-0.2, 0) is 16.0 Å². The van der Waals surface area contributed by atoms with E-state index in [1.807, 2.05) is 19.1 Å². The average molecular weight is 280 g/mol. The van der Waals surface area contributed by atoms with E-state index < -0.39 is 0 Å². The van der Waals surface area contributed by atoms with E-state index in [0.717, 1.165) is 36.2 Å². The molecular weight excluding hydrogens is 256 g/mol. The van der Waals surface area contributed by atoms with Gasteiger partial charge < -0.3 is 19.5 Å². The van der Waals surface area contributed by atoms with Crippen LogP contribution in [0.1, 0.15) is 24.2 Å². The van der Waals surface area contributed by atoms with Gasteiger partial charge in [-0.2, -0.15) is 0 Å². The first-order valence-corrected chi connectivity index (χ1v) is 7.16. The second kappa shape index (κ2) is 8.19. The van der Waals surface area contributed by atoms with Crippen molar-refractivity contribution in [2.45, 2.75) is 26.3 Å². The predicted octanol–water partition coefficient (Wildman–Crippen LogP) is 1.89. The lowest BCUT2D eigenvalue weighted by Crippen LogP contribution is -2.20. The normalized spacial score (nSPS) is 14.5. The molecule has 0 unspecified atom stereocenters. The summed E-state index contributed by atoms with van der Waals surface area (Å²) in [6, 6.07) is 3.91. The van der Waals surface area contributed by atoms with Crippen LogP contribution in [-0.4, -0.2) is 38.6 Å². The lowest BCUT2D eigenvalue weighted by atomic mass is 10.3. The van der Waals surface area contributed by atoms with Gasteiger partial charge in [0.25, 0.3) is 0 Å². The molecule has 1 aliphatic rings. The van der Waals surface area contributed by atoms with E-state index in [-0.39, 0.29) is 0 Å². The number of pyridine rings is 1. The topological polar surface area (TPSA) is 52.6 Å². The van der Waals surface area contributed by atoms with Crippen LogP contribution in [0.15, 0.2) is 12.1 Å². The number of hydrogen-bond acceptors (Lipinski definition) is 5. The molecule has 0 amide bonds. The Labute approximate surface area is 120 Å². The number of nitrogens with zero attached hydrogens (tertiary/aromatic N) is 1. The van der Waals surface area contributed by atoms with Gasteiger partial charge in [-0.1, -0.05) is 0 Å². The minimum absolute atomic E-state index is 0.298. The Kier molecular flexibility index (Phi) is 6.24. The van der Waals surface area contributed by atoms with Crippen LogP contribution in [0.25, 0.3) is 0 Å². The molecule has 2 rings (SSSR count). The maximum Gasteiger partial charge on any atom is 0.189 e. The molecule has 5 nitrogen and oxygen atoms in total. The van der Waals surface area contributed by atoms with Gasteiger partial charge in [0.05, 0.1) is 18.9 Å². The van der Waals surface area contributed by atoms with Gasteiger partial charge in [0.2, 0.25) is 0 Å². The van der Waals surface area contributed by atoms with Crippen LogP contribution in [0.4, 0.5) is 0 Å². The summed E-state index contributed by atoms with van der Waals surface area (Å²) < 4.78 is 16.2. The third kappa shape index (κ3) is 5.45. The number of methoxy groups -OCH3 is 1. The second-order valence-corrected chi connectivity index (χ2v) is 5.14. The molecule has 1 saturated carbocycles. The second-order valence-electron chi connectivity index (χ2n) is 5.14. The van der Waals surface area contributed by atoms with Crippen molar-refractivity contribution < 1.29 is 14.2 Å². The molecule has 1 heterocycles. The summed E-state index contributed by atoms with van der Waals surface area (Å²) in [4.78, 5) is 4.51. The number of ether oxygens (including phenoxy) is 3. The van der Waals surface area contributed by atoms with Crippen molar-refractivity contribution in [3.8, 4) is 5.75 Å². The fourth-order valence-electron chi connectivity index (χ4n) is 1.84. The van der Waals surface area contributed by atoms with Gasteiger partial charge in [0.15, 0.2) is 6.79 Å². The first-order valence-electron chi connectivity index (χ1n) is 7.16. The highest BCUT2D eigenvalue weighted by Gasteiger charge is 2.21. The van der Waals surface area contributed by atoms with E-state index in [0.29, 0.717) is 19.9 Å². The van der Waals surface area contributed by atoms with Crippen molar-refractivity contribution in [3.05, 3.63) is 23.5 Å². The van der Waals surface area contributed by atoms with Crippen LogP contribution in [0, 0.1) is 12.8 Å². The largest absolute Gasteiger partial charge is 0.466 e. The number of aromatic nitrogens is 1. The van der Waals surface area contributed by atoms with Crippen molar-refractivity contribution in [3.63, 3.8) is 0 Å². The number of hydrogen-bond donors (Lipinski definition) is 1. The minimum atomic E-state index is 0.298. The van der Waals surface area contributed by atoms with Crippen molar-refractivity contribution in [1.29, 1.82) is 0 Å². The summed E-state index contributed by atoms with van der Waals surface area (Å²) in [5.41, 5.74) is 1.90. The number of nitrogens with one attached hydrogen (secondary N) is 1. The number of rotatable bonds is 10. The van der Waals surface area contributed by atoms with Gasteiger partial charge in [-0.3, -0.25) is 4.98 Å². The van der Waals surface area contributed by atoms with Crippen molar-refractivity contribution >= 4 is 0 Å². The first-order chi connectivity index (χ1) is 9.79. The molecule has 1 N–H and O–H groups in total. The van der Waals surface area contributed by atoms with Crippen LogP contribution >= 0.6 is 0 Å². The van der Waals surface area contributed by atoms with E-state index in [2.05, 4.69) is 10.3 Å². The Morgan fingerprint density at radius 1 is 1.35 bits per heavy atom. The zero-order valence-electron chi connectivity index (χ0n) is 12.4. The van der Waals surface area contributed by atoms with Gasteiger partial charge in [-0.25, -0.2) is 0 Å². The smallest absolute Gasteiger partial charge is 0.189 e. The molecule has 0 radical (unpaired) electrons. The minimum Gasteiger partial charge on any atom is -0.466 e. The van der Waals surface area contributed by atoms with Crippen LogP contribution < -0.4 is 10.1 Å². The molecule has 0 aromatic carbocycles. The third-order valence-electron chi connectivity index (χ3n) is 3.20. The standard InChI is InChI=1S/C15H24N2O3/c1-12-3-6-15(20-11-19-10-13-4-5-13)14(17-12)9-16-7-8-18-2/h3,6,13,16H,4-5,7-11H2,1-2H3. The Hall–Kier alpha value is -1.17. The van der Waals surface area contributed by atoms with Crippen molar-refractivity contribution in [2.24, 2.45) is 5.92 Å². The molecule has 1 aliphatic carbocycles. The van der Waals surface area contributed by atoms with Crippen LogP contribution in [0.3, 0.4) is 0 Å².